The smallest absolute Gasteiger partial charge is 0.314 e. The van der Waals surface area contributed by atoms with Crippen molar-refractivity contribution in [3.05, 3.63) is 12.3 Å². The van der Waals surface area contributed by atoms with E-state index in [-0.39, 0.29) is 0 Å². The van der Waals surface area contributed by atoms with E-state index in [2.05, 4.69) is 37.0 Å². The van der Waals surface area contributed by atoms with Gasteiger partial charge in [0.1, 0.15) is 6.26 Å². The van der Waals surface area contributed by atoms with Crippen LogP contribution in [0.2, 0.25) is 0 Å². The van der Waals surface area contributed by atoms with Gasteiger partial charge in [0.15, 0.2) is 0 Å². The van der Waals surface area contributed by atoms with E-state index in [1.165, 1.54) is 83.3 Å². The third kappa shape index (κ3) is 44.0. The normalized spacial score (nSPS) is 11.5. The summed E-state index contributed by atoms with van der Waals surface area (Å²) in [5, 5.41) is 20.3. The van der Waals surface area contributed by atoms with Crippen LogP contribution in [0.15, 0.2) is 12.3 Å². The molecular formula is C19H41O11P. The van der Waals surface area contributed by atoms with E-state index in [1.807, 2.05) is 0 Å². The van der Waals surface area contributed by atoms with Gasteiger partial charge in [0.25, 0.3) is 0 Å². The number of unbranched alkanes of at least 4 members (excludes halogenated alkanes) is 13. The second-order valence-corrected chi connectivity index (χ2v) is 7.86. The lowest BCUT2D eigenvalue weighted by atomic mass is 10.0. The maximum Gasteiger partial charge on any atom is 0.466 e. The van der Waals surface area contributed by atoms with Crippen LogP contribution in [0.1, 0.15) is 104 Å². The zero-order chi connectivity index (χ0) is 23.5. The number of phosphoric acid groups is 1. The maximum absolute atomic E-state index is 8.88. The summed E-state index contributed by atoms with van der Waals surface area (Å²) in [6.45, 7) is 4.44. The van der Waals surface area contributed by atoms with Crippen molar-refractivity contribution in [2.75, 3.05) is 6.61 Å². The maximum atomic E-state index is 8.88. The third-order valence-electron chi connectivity index (χ3n) is 3.97. The lowest BCUT2D eigenvalue weighted by Gasteiger charge is -2.03. The molecule has 0 rings (SSSR count). The molecule has 0 aliphatic carbocycles. The second-order valence-electron chi connectivity index (χ2n) is 6.84. The molecule has 0 aromatic carbocycles. The Morgan fingerprint density at radius 2 is 1.03 bits per heavy atom. The van der Waals surface area contributed by atoms with Crippen LogP contribution in [0.5, 0.6) is 0 Å². The quantitative estimate of drug-likeness (QED) is 0.0584. The second kappa shape index (κ2) is 27.4. The molecule has 0 atom stereocenters. The van der Waals surface area contributed by atoms with E-state index in [4.69, 9.17) is 24.1 Å². The van der Waals surface area contributed by atoms with Gasteiger partial charge in [-0.3, -0.25) is 0 Å². The minimum Gasteiger partial charge on any atom is -0.314 e. The van der Waals surface area contributed by atoms with Crippen LogP contribution in [-0.2, 0) is 39.5 Å². The van der Waals surface area contributed by atoms with Crippen molar-refractivity contribution >= 4 is 7.82 Å². The Hall–Kier alpha value is -0.590. The average molecular weight is 477 g/mol. The van der Waals surface area contributed by atoms with Gasteiger partial charge in [-0.05, 0) is 29.5 Å². The predicted octanol–water partition coefficient (Wildman–Crippen LogP) is 5.68. The fourth-order valence-electron chi connectivity index (χ4n) is 2.54. The van der Waals surface area contributed by atoms with Crippen LogP contribution >= 0.6 is 7.82 Å². The number of hydrogen-bond donors (Lipinski definition) is 3. The first kappa shape index (κ1) is 32.6. The molecular weight excluding hydrogens is 435 g/mol. The van der Waals surface area contributed by atoms with Gasteiger partial charge < -0.3 is 19.6 Å². The predicted molar refractivity (Wildman–Crippen MR) is 112 cm³/mol. The van der Waals surface area contributed by atoms with Crippen LogP contribution in [-0.4, -0.2) is 21.3 Å². The van der Waals surface area contributed by atoms with Crippen LogP contribution in [0, 0.1) is 0 Å². The minimum absolute atomic E-state index is 0.428. The first-order valence-electron chi connectivity index (χ1n) is 10.9. The molecule has 0 aliphatic rings. The highest BCUT2D eigenvalue weighted by molar-refractivity contribution is 7.45. The first-order valence-corrected chi connectivity index (χ1v) is 12.5. The van der Waals surface area contributed by atoms with Gasteiger partial charge in [-0.2, -0.15) is 0 Å². The van der Waals surface area contributed by atoms with Crippen molar-refractivity contribution in [2.45, 2.75) is 104 Å². The van der Waals surface area contributed by atoms with Crippen molar-refractivity contribution in [2.24, 2.45) is 0 Å². The monoisotopic (exact) mass is 476 g/mol. The van der Waals surface area contributed by atoms with E-state index in [9.17, 15) is 0 Å². The van der Waals surface area contributed by atoms with Crippen LogP contribution in [0.3, 0.4) is 0 Å². The van der Waals surface area contributed by atoms with Gasteiger partial charge >= 0.3 is 7.82 Å². The first-order chi connectivity index (χ1) is 14.9. The Morgan fingerprint density at radius 1 is 0.645 bits per heavy atom. The lowest BCUT2D eigenvalue weighted by molar-refractivity contribution is -0.786. The molecule has 0 aromatic heterocycles. The SMILES string of the molecule is CC=COOOOOOOCCCCCCCCCCCCCCCC.O=P(O)(O)O. The highest BCUT2D eigenvalue weighted by Crippen LogP contribution is 2.25. The minimum atomic E-state index is -4.64. The molecule has 0 aliphatic heterocycles. The lowest BCUT2D eigenvalue weighted by Crippen LogP contribution is -2.01. The summed E-state index contributed by atoms with van der Waals surface area (Å²) in [5.74, 6) is 0. The summed E-state index contributed by atoms with van der Waals surface area (Å²) in [6, 6.07) is 0. The van der Waals surface area contributed by atoms with Crippen LogP contribution < -0.4 is 0 Å². The van der Waals surface area contributed by atoms with Crippen LogP contribution in [0.4, 0.5) is 0 Å². The molecule has 0 radical (unpaired) electrons. The fraction of sp³-hybridized carbons (Fsp3) is 0.895. The van der Waals surface area contributed by atoms with E-state index >= 15 is 0 Å². The topological polar surface area (TPSA) is 142 Å². The average Bonchev–Trinajstić information content (AvgIpc) is 2.70. The van der Waals surface area contributed by atoms with Gasteiger partial charge in [-0.25, -0.2) is 9.45 Å². The molecule has 12 heteroatoms. The molecule has 11 nitrogen and oxygen atoms in total. The summed E-state index contributed by atoms with van der Waals surface area (Å²) in [7, 11) is -4.64. The van der Waals surface area contributed by atoms with Crippen molar-refractivity contribution < 1.29 is 54.2 Å². The summed E-state index contributed by atoms with van der Waals surface area (Å²) >= 11 is 0. The van der Waals surface area contributed by atoms with E-state index < -0.39 is 7.82 Å². The Bertz CT molecular complexity index is 396. The highest BCUT2D eigenvalue weighted by atomic mass is 31.2. The number of hydrogen-bond acceptors (Lipinski definition) is 8. The summed E-state index contributed by atoms with van der Waals surface area (Å²) < 4.78 is 8.88. The fourth-order valence-corrected chi connectivity index (χ4v) is 2.54. The summed E-state index contributed by atoms with van der Waals surface area (Å²) in [6.07, 6.45) is 21.2. The largest absolute Gasteiger partial charge is 0.466 e. The summed E-state index contributed by atoms with van der Waals surface area (Å²) in [4.78, 5) is 30.6. The van der Waals surface area contributed by atoms with Crippen molar-refractivity contribution in [1.29, 1.82) is 0 Å². The molecule has 188 valence electrons. The molecule has 3 N–H and O–H groups in total. The number of allylic oxidation sites excluding steroid dienone is 1. The molecule has 0 saturated carbocycles. The standard InChI is InChI=1S/C19H38O7.H3O4P/c1-3-5-6-7-8-9-10-11-12-13-14-15-16-17-19-21-23-25-26-24-22-20-18-4-2;1-5(2,3)4/h4,18H,3,5-17,19H2,1-2H3;(H3,1,2,3,4). The molecule has 0 spiro atoms. The molecule has 0 amide bonds. The van der Waals surface area contributed by atoms with E-state index in [1.54, 1.807) is 13.0 Å². The zero-order valence-corrected chi connectivity index (χ0v) is 19.7. The molecule has 0 fully saturated rings. The van der Waals surface area contributed by atoms with Gasteiger partial charge in [0, 0.05) is 15.1 Å². The van der Waals surface area contributed by atoms with E-state index in [0.717, 1.165) is 12.8 Å². The Balaban J connectivity index is 0. The highest BCUT2D eigenvalue weighted by Gasteiger charge is 2.00. The molecule has 0 aromatic rings. The Kier molecular flexibility index (Phi) is 28.9. The Labute approximate surface area is 185 Å². The molecule has 0 unspecified atom stereocenters. The van der Waals surface area contributed by atoms with E-state index in [0.29, 0.717) is 6.61 Å². The molecule has 0 bridgehead atoms. The number of rotatable bonds is 22. The Morgan fingerprint density at radius 3 is 1.48 bits per heavy atom. The molecule has 31 heavy (non-hydrogen) atoms. The van der Waals surface area contributed by atoms with Crippen molar-refractivity contribution in [1.82, 2.24) is 0 Å². The van der Waals surface area contributed by atoms with Gasteiger partial charge in [0.05, 0.1) is 6.61 Å². The molecule has 0 heterocycles. The molecule has 0 saturated heterocycles. The van der Waals surface area contributed by atoms with Gasteiger partial charge in [0.2, 0.25) is 0 Å². The third-order valence-corrected chi connectivity index (χ3v) is 3.97. The summed E-state index contributed by atoms with van der Waals surface area (Å²) in [5.41, 5.74) is 0. The van der Waals surface area contributed by atoms with Crippen LogP contribution in [0.25, 0.3) is 0 Å². The van der Waals surface area contributed by atoms with Gasteiger partial charge in [-0.1, -0.05) is 90.4 Å². The van der Waals surface area contributed by atoms with Gasteiger partial charge in [-0.15, -0.1) is 0 Å². The zero-order valence-electron chi connectivity index (χ0n) is 18.8. The van der Waals surface area contributed by atoms with Crippen molar-refractivity contribution in [3.8, 4) is 0 Å². The van der Waals surface area contributed by atoms with Crippen molar-refractivity contribution in [3.63, 3.8) is 0 Å².